The maximum absolute atomic E-state index is 13.7. The van der Waals surface area contributed by atoms with Crippen molar-refractivity contribution in [1.82, 2.24) is 5.32 Å². The van der Waals surface area contributed by atoms with E-state index in [1.54, 1.807) is 19.2 Å². The molecule has 3 heteroatoms. The Labute approximate surface area is 120 Å². The van der Waals surface area contributed by atoms with E-state index >= 15 is 0 Å². The Hall–Kier alpha value is -1.09. The molecule has 0 saturated heterocycles. The molecular formula is C17H24FNO. The highest BCUT2D eigenvalue weighted by molar-refractivity contribution is 5.38. The summed E-state index contributed by atoms with van der Waals surface area (Å²) in [6.45, 7) is 3.14. The zero-order chi connectivity index (χ0) is 14.1. The third kappa shape index (κ3) is 2.44. The fraction of sp³-hybridized carbons (Fsp3) is 0.647. The summed E-state index contributed by atoms with van der Waals surface area (Å²) < 4.78 is 19.1. The van der Waals surface area contributed by atoms with E-state index < -0.39 is 0 Å². The van der Waals surface area contributed by atoms with Crippen LogP contribution in [0.1, 0.15) is 44.2 Å². The van der Waals surface area contributed by atoms with Gasteiger partial charge in [0, 0.05) is 11.6 Å². The Morgan fingerprint density at radius 3 is 2.75 bits per heavy atom. The van der Waals surface area contributed by atoms with E-state index in [0.717, 1.165) is 36.1 Å². The quantitative estimate of drug-likeness (QED) is 0.851. The van der Waals surface area contributed by atoms with Gasteiger partial charge in [0.1, 0.15) is 11.6 Å². The first kappa shape index (κ1) is 13.9. The summed E-state index contributed by atoms with van der Waals surface area (Å²) in [5.41, 5.74) is 1.00. The van der Waals surface area contributed by atoms with Crippen molar-refractivity contribution in [3.8, 4) is 5.75 Å². The van der Waals surface area contributed by atoms with Gasteiger partial charge in [-0.2, -0.15) is 0 Å². The van der Waals surface area contributed by atoms with Gasteiger partial charge in [0.25, 0.3) is 0 Å². The molecule has 2 fully saturated rings. The van der Waals surface area contributed by atoms with Crippen LogP contribution in [0.4, 0.5) is 4.39 Å². The van der Waals surface area contributed by atoms with Gasteiger partial charge in [0.05, 0.1) is 7.11 Å². The van der Waals surface area contributed by atoms with Crippen LogP contribution < -0.4 is 10.1 Å². The Balaban J connectivity index is 1.87. The highest BCUT2D eigenvalue weighted by Gasteiger charge is 2.56. The first-order chi connectivity index (χ1) is 9.76. The standard InChI is InChI=1S/C17H24FNO/c1-3-9-19-17(16-12-5-4-6-13(12)16)14-10-11(18)7-8-15(14)20-2/h7-8,10,12-13,16-17,19H,3-6,9H2,1-2H3. The maximum Gasteiger partial charge on any atom is 0.123 e. The van der Waals surface area contributed by atoms with Crippen LogP contribution in [-0.4, -0.2) is 13.7 Å². The Morgan fingerprint density at radius 2 is 2.10 bits per heavy atom. The largest absolute Gasteiger partial charge is 0.496 e. The van der Waals surface area contributed by atoms with Crippen molar-refractivity contribution in [2.24, 2.45) is 17.8 Å². The monoisotopic (exact) mass is 277 g/mol. The fourth-order valence-electron chi connectivity index (χ4n) is 4.07. The molecule has 20 heavy (non-hydrogen) atoms. The number of hydrogen-bond donors (Lipinski definition) is 1. The average Bonchev–Trinajstić information content (AvgIpc) is 2.92. The first-order valence-corrected chi connectivity index (χ1v) is 7.83. The van der Waals surface area contributed by atoms with E-state index in [4.69, 9.17) is 4.74 Å². The first-order valence-electron chi connectivity index (χ1n) is 7.83. The van der Waals surface area contributed by atoms with Gasteiger partial charge < -0.3 is 10.1 Å². The minimum atomic E-state index is -0.171. The van der Waals surface area contributed by atoms with Crippen LogP contribution in [-0.2, 0) is 0 Å². The zero-order valence-corrected chi connectivity index (χ0v) is 12.4. The molecule has 0 bridgehead atoms. The molecule has 0 radical (unpaired) electrons. The van der Waals surface area contributed by atoms with Crippen molar-refractivity contribution in [1.29, 1.82) is 0 Å². The fourth-order valence-corrected chi connectivity index (χ4v) is 4.07. The molecular weight excluding hydrogens is 253 g/mol. The van der Waals surface area contributed by atoms with E-state index in [1.165, 1.54) is 25.3 Å². The van der Waals surface area contributed by atoms with Gasteiger partial charge in [0.15, 0.2) is 0 Å². The van der Waals surface area contributed by atoms with E-state index in [9.17, 15) is 4.39 Å². The molecule has 110 valence electrons. The van der Waals surface area contributed by atoms with Crippen molar-refractivity contribution >= 4 is 0 Å². The van der Waals surface area contributed by atoms with Gasteiger partial charge >= 0.3 is 0 Å². The smallest absolute Gasteiger partial charge is 0.123 e. The molecule has 3 atom stereocenters. The van der Waals surface area contributed by atoms with Gasteiger partial charge in [-0.1, -0.05) is 13.3 Å². The highest BCUT2D eigenvalue weighted by atomic mass is 19.1. The molecule has 2 nitrogen and oxygen atoms in total. The van der Waals surface area contributed by atoms with Gasteiger partial charge in [0.2, 0.25) is 0 Å². The van der Waals surface area contributed by atoms with Crippen molar-refractivity contribution in [3.63, 3.8) is 0 Å². The number of halogens is 1. The van der Waals surface area contributed by atoms with Gasteiger partial charge in [-0.25, -0.2) is 4.39 Å². The number of nitrogens with one attached hydrogen (secondary N) is 1. The van der Waals surface area contributed by atoms with Crippen LogP contribution in [0.15, 0.2) is 18.2 Å². The van der Waals surface area contributed by atoms with Gasteiger partial charge in [-0.05, 0) is 61.8 Å². The topological polar surface area (TPSA) is 21.3 Å². The maximum atomic E-state index is 13.7. The lowest BCUT2D eigenvalue weighted by Crippen LogP contribution is -2.26. The second kappa shape index (κ2) is 5.72. The number of fused-ring (bicyclic) bond motifs is 1. The second-order valence-corrected chi connectivity index (χ2v) is 6.15. The Bertz CT molecular complexity index is 466. The molecule has 0 amide bonds. The summed E-state index contributed by atoms with van der Waals surface area (Å²) >= 11 is 0. The molecule has 0 aromatic heterocycles. The zero-order valence-electron chi connectivity index (χ0n) is 12.4. The van der Waals surface area contributed by atoms with Crippen LogP contribution in [0.2, 0.25) is 0 Å². The second-order valence-electron chi connectivity index (χ2n) is 6.15. The van der Waals surface area contributed by atoms with Crippen LogP contribution in [0, 0.1) is 23.6 Å². The molecule has 0 heterocycles. The van der Waals surface area contributed by atoms with Crippen molar-refractivity contribution < 1.29 is 9.13 Å². The minimum Gasteiger partial charge on any atom is -0.496 e. The number of hydrogen-bond acceptors (Lipinski definition) is 2. The van der Waals surface area contributed by atoms with Crippen molar-refractivity contribution in [2.75, 3.05) is 13.7 Å². The third-order valence-corrected chi connectivity index (χ3v) is 5.00. The minimum absolute atomic E-state index is 0.171. The van der Waals surface area contributed by atoms with Crippen LogP contribution in [0.3, 0.4) is 0 Å². The Morgan fingerprint density at radius 1 is 1.35 bits per heavy atom. The molecule has 0 spiro atoms. The lowest BCUT2D eigenvalue weighted by atomic mass is 9.95. The van der Waals surface area contributed by atoms with Crippen LogP contribution >= 0.6 is 0 Å². The SMILES string of the molecule is CCCNC(c1cc(F)ccc1OC)C1C2CCCC21. The Kier molecular flexibility index (Phi) is 3.97. The normalized spacial score (nSPS) is 29.1. The summed E-state index contributed by atoms with van der Waals surface area (Å²) in [4.78, 5) is 0. The predicted octanol–water partition coefficient (Wildman–Crippen LogP) is 3.92. The molecule has 2 saturated carbocycles. The van der Waals surface area contributed by atoms with Gasteiger partial charge in [-0.15, -0.1) is 0 Å². The molecule has 0 aliphatic heterocycles. The molecule has 2 aliphatic rings. The lowest BCUT2D eigenvalue weighted by Gasteiger charge is -2.23. The number of ether oxygens (including phenoxy) is 1. The molecule has 3 unspecified atom stereocenters. The van der Waals surface area contributed by atoms with Crippen molar-refractivity contribution in [2.45, 2.75) is 38.6 Å². The molecule has 1 aromatic carbocycles. The predicted molar refractivity (Wildman–Crippen MR) is 78.3 cm³/mol. The molecule has 1 aromatic rings. The number of benzene rings is 1. The van der Waals surface area contributed by atoms with E-state index in [2.05, 4.69) is 12.2 Å². The summed E-state index contributed by atoms with van der Waals surface area (Å²) in [6, 6.07) is 5.13. The molecule has 1 N–H and O–H groups in total. The summed E-state index contributed by atoms with van der Waals surface area (Å²) in [7, 11) is 1.67. The van der Waals surface area contributed by atoms with Crippen LogP contribution in [0.5, 0.6) is 5.75 Å². The molecule has 3 rings (SSSR count). The van der Waals surface area contributed by atoms with E-state index in [-0.39, 0.29) is 11.9 Å². The molecule has 2 aliphatic carbocycles. The summed E-state index contributed by atoms with van der Waals surface area (Å²) in [5, 5.41) is 3.63. The van der Waals surface area contributed by atoms with Crippen LogP contribution in [0.25, 0.3) is 0 Å². The number of methoxy groups -OCH3 is 1. The highest BCUT2D eigenvalue weighted by Crippen LogP contribution is 2.62. The van der Waals surface area contributed by atoms with Crippen molar-refractivity contribution in [3.05, 3.63) is 29.6 Å². The summed E-state index contributed by atoms with van der Waals surface area (Å²) in [6.07, 6.45) is 5.15. The van der Waals surface area contributed by atoms with Gasteiger partial charge in [-0.3, -0.25) is 0 Å². The lowest BCUT2D eigenvalue weighted by molar-refractivity contribution is 0.372. The average molecular weight is 277 g/mol. The summed E-state index contributed by atoms with van der Waals surface area (Å²) in [5.74, 6) is 3.00. The van der Waals surface area contributed by atoms with E-state index in [1.807, 2.05) is 0 Å². The number of rotatable bonds is 6. The van der Waals surface area contributed by atoms with E-state index in [0.29, 0.717) is 5.92 Å². The third-order valence-electron chi connectivity index (χ3n) is 5.00.